The summed E-state index contributed by atoms with van der Waals surface area (Å²) in [5.41, 5.74) is 0.122. The number of anilines is 1. The Labute approximate surface area is 126 Å². The summed E-state index contributed by atoms with van der Waals surface area (Å²) < 4.78 is 13.7. The Bertz CT molecular complexity index is 662. The molecule has 0 saturated heterocycles. The number of thiophene rings is 1. The average Bonchev–Trinajstić information content (AvgIpc) is 2.85. The number of benzene rings is 1. The van der Waals surface area contributed by atoms with E-state index in [4.69, 9.17) is 0 Å². The number of hydrogen-bond acceptors (Lipinski definition) is 4. The molecule has 0 bridgehead atoms. The molecule has 0 radical (unpaired) electrons. The fourth-order valence-electron chi connectivity index (χ4n) is 1.82. The number of hydrogen-bond donors (Lipinski definition) is 1. The molecular weight excluding hydrogens is 291 g/mol. The topological polar surface area (TPSA) is 55.2 Å². The van der Waals surface area contributed by atoms with Gasteiger partial charge in [-0.2, -0.15) is 0 Å². The molecule has 0 aliphatic carbocycles. The van der Waals surface area contributed by atoms with Crippen molar-refractivity contribution in [3.63, 3.8) is 0 Å². The van der Waals surface area contributed by atoms with E-state index < -0.39 is 10.7 Å². The Morgan fingerprint density at radius 3 is 2.52 bits per heavy atom. The van der Waals surface area contributed by atoms with E-state index in [1.165, 1.54) is 17.0 Å². The van der Waals surface area contributed by atoms with Crippen LogP contribution in [0, 0.1) is 15.9 Å². The van der Waals surface area contributed by atoms with Crippen LogP contribution in [0.4, 0.5) is 15.8 Å². The molecule has 0 unspecified atom stereocenters. The van der Waals surface area contributed by atoms with Crippen LogP contribution in [0.3, 0.4) is 0 Å². The summed E-state index contributed by atoms with van der Waals surface area (Å²) in [6.45, 7) is 6.93. The van der Waals surface area contributed by atoms with Crippen molar-refractivity contribution in [2.75, 3.05) is 5.32 Å². The first-order chi connectivity index (χ1) is 9.77. The molecule has 0 saturated carbocycles. The van der Waals surface area contributed by atoms with E-state index in [9.17, 15) is 14.5 Å². The molecule has 1 heterocycles. The van der Waals surface area contributed by atoms with E-state index in [2.05, 4.69) is 32.2 Å². The molecule has 0 aliphatic rings. The molecule has 0 atom stereocenters. The van der Waals surface area contributed by atoms with Crippen molar-refractivity contribution in [2.45, 2.75) is 32.7 Å². The van der Waals surface area contributed by atoms with Crippen molar-refractivity contribution >= 4 is 22.7 Å². The van der Waals surface area contributed by atoms with Crippen LogP contribution in [0.25, 0.3) is 0 Å². The minimum atomic E-state index is -0.614. The van der Waals surface area contributed by atoms with Gasteiger partial charge in [0.25, 0.3) is 5.69 Å². The summed E-state index contributed by atoms with van der Waals surface area (Å²) >= 11 is 1.68. The van der Waals surface area contributed by atoms with Gasteiger partial charge in [0.15, 0.2) is 5.82 Å². The maximum absolute atomic E-state index is 13.7. The van der Waals surface area contributed by atoms with Crippen molar-refractivity contribution in [3.8, 4) is 0 Å². The lowest BCUT2D eigenvalue weighted by atomic mass is 9.95. The highest BCUT2D eigenvalue weighted by Gasteiger charge is 2.16. The lowest BCUT2D eigenvalue weighted by molar-refractivity contribution is -0.385. The van der Waals surface area contributed by atoms with E-state index >= 15 is 0 Å². The van der Waals surface area contributed by atoms with Gasteiger partial charge in [0.2, 0.25) is 0 Å². The van der Waals surface area contributed by atoms with Crippen LogP contribution in [-0.2, 0) is 12.0 Å². The van der Waals surface area contributed by atoms with Gasteiger partial charge in [-0.05, 0) is 23.6 Å². The Hall–Kier alpha value is -1.95. The first-order valence-corrected chi connectivity index (χ1v) is 7.36. The predicted octanol–water partition coefficient (Wildman–Crippen LogP) is 4.71. The van der Waals surface area contributed by atoms with E-state index in [-0.39, 0.29) is 16.8 Å². The summed E-state index contributed by atoms with van der Waals surface area (Å²) in [4.78, 5) is 12.3. The Kier molecular flexibility index (Phi) is 4.27. The highest BCUT2D eigenvalue weighted by Crippen LogP contribution is 2.30. The molecule has 6 heteroatoms. The molecule has 4 nitrogen and oxygen atoms in total. The van der Waals surface area contributed by atoms with Crippen LogP contribution in [-0.4, -0.2) is 4.92 Å². The highest BCUT2D eigenvalue weighted by molar-refractivity contribution is 7.12. The zero-order chi connectivity index (χ0) is 15.6. The molecule has 0 aliphatic heterocycles. The lowest BCUT2D eigenvalue weighted by Gasteiger charge is -2.15. The van der Waals surface area contributed by atoms with Crippen LogP contribution in [0.2, 0.25) is 0 Å². The van der Waals surface area contributed by atoms with Crippen molar-refractivity contribution in [1.29, 1.82) is 0 Å². The van der Waals surface area contributed by atoms with Gasteiger partial charge < -0.3 is 5.32 Å². The van der Waals surface area contributed by atoms with Gasteiger partial charge in [0.05, 0.1) is 16.7 Å². The zero-order valence-electron chi connectivity index (χ0n) is 12.1. The Morgan fingerprint density at radius 1 is 1.29 bits per heavy atom. The van der Waals surface area contributed by atoms with Gasteiger partial charge in [-0.25, -0.2) is 4.39 Å². The van der Waals surface area contributed by atoms with Gasteiger partial charge in [0, 0.05) is 22.4 Å². The Morgan fingerprint density at radius 2 is 2.00 bits per heavy atom. The summed E-state index contributed by atoms with van der Waals surface area (Å²) in [6.07, 6.45) is 0. The van der Waals surface area contributed by atoms with Crippen LogP contribution >= 0.6 is 11.3 Å². The number of nitro groups is 1. The van der Waals surface area contributed by atoms with Crippen molar-refractivity contribution in [2.24, 2.45) is 0 Å². The second-order valence-electron chi connectivity index (χ2n) is 5.79. The summed E-state index contributed by atoms with van der Waals surface area (Å²) in [6, 6.07) is 7.71. The molecule has 2 rings (SSSR count). The largest absolute Gasteiger partial charge is 0.378 e. The first kappa shape index (κ1) is 15.4. The molecule has 1 N–H and O–H groups in total. The van der Waals surface area contributed by atoms with Crippen molar-refractivity contribution in [1.82, 2.24) is 0 Å². The zero-order valence-corrected chi connectivity index (χ0v) is 13.0. The molecule has 0 fully saturated rings. The number of rotatable bonds is 4. The molecule has 2 aromatic rings. The molecule has 1 aromatic carbocycles. The molecule has 0 amide bonds. The normalized spacial score (nSPS) is 11.4. The third-order valence-electron chi connectivity index (χ3n) is 3.02. The summed E-state index contributed by atoms with van der Waals surface area (Å²) in [5.74, 6) is -0.614. The van der Waals surface area contributed by atoms with Crippen LogP contribution in [0.1, 0.15) is 30.5 Å². The van der Waals surface area contributed by atoms with Crippen LogP contribution in [0.15, 0.2) is 30.3 Å². The van der Waals surface area contributed by atoms with Gasteiger partial charge in [-0.3, -0.25) is 10.1 Å². The average molecular weight is 308 g/mol. The molecular formula is C15H17FN2O2S. The van der Waals surface area contributed by atoms with E-state index in [1.807, 2.05) is 6.07 Å². The number of nitrogens with one attached hydrogen (secondary N) is 1. The third-order valence-corrected chi connectivity index (χ3v) is 4.53. The molecule has 21 heavy (non-hydrogen) atoms. The quantitative estimate of drug-likeness (QED) is 0.657. The molecule has 0 spiro atoms. The Balaban J connectivity index is 2.06. The summed E-state index contributed by atoms with van der Waals surface area (Å²) in [7, 11) is 0. The first-order valence-electron chi connectivity index (χ1n) is 6.54. The van der Waals surface area contributed by atoms with Crippen LogP contribution < -0.4 is 5.32 Å². The maximum atomic E-state index is 13.7. The smallest absolute Gasteiger partial charge is 0.272 e. The summed E-state index contributed by atoms with van der Waals surface area (Å²) in [5, 5.41) is 13.5. The van der Waals surface area contributed by atoms with Gasteiger partial charge in [-0.1, -0.05) is 20.8 Å². The van der Waals surface area contributed by atoms with E-state index in [0.29, 0.717) is 6.54 Å². The van der Waals surface area contributed by atoms with Crippen molar-refractivity contribution < 1.29 is 9.31 Å². The number of halogens is 1. The highest BCUT2D eigenvalue weighted by atomic mass is 32.1. The van der Waals surface area contributed by atoms with Gasteiger partial charge >= 0.3 is 0 Å². The van der Waals surface area contributed by atoms with E-state index in [0.717, 1.165) is 10.9 Å². The lowest BCUT2D eigenvalue weighted by Crippen LogP contribution is -2.07. The fourth-order valence-corrected chi connectivity index (χ4v) is 2.82. The van der Waals surface area contributed by atoms with Crippen LogP contribution in [0.5, 0.6) is 0 Å². The monoisotopic (exact) mass is 308 g/mol. The minimum Gasteiger partial charge on any atom is -0.378 e. The second kappa shape index (κ2) is 5.81. The van der Waals surface area contributed by atoms with Crippen molar-refractivity contribution in [3.05, 3.63) is 56.0 Å². The van der Waals surface area contributed by atoms with E-state index in [1.54, 1.807) is 11.3 Å². The minimum absolute atomic E-state index is 0.0987. The predicted molar refractivity (Wildman–Crippen MR) is 83.4 cm³/mol. The SMILES string of the molecule is CC(C)(C)c1ccc(CNc2ccc([N+](=O)[O-])cc2F)s1. The van der Waals surface area contributed by atoms with Gasteiger partial charge in [0.1, 0.15) is 0 Å². The maximum Gasteiger partial charge on any atom is 0.272 e. The number of nitrogens with zero attached hydrogens (tertiary/aromatic N) is 1. The number of nitro benzene ring substituents is 1. The standard InChI is InChI=1S/C15H17FN2O2S/c1-15(2,3)14-7-5-11(21-14)9-17-13-6-4-10(18(19)20)8-12(13)16/h4-8,17H,9H2,1-3H3. The fraction of sp³-hybridized carbons (Fsp3) is 0.333. The van der Waals surface area contributed by atoms with Gasteiger partial charge in [-0.15, -0.1) is 11.3 Å². The third kappa shape index (κ3) is 3.78. The molecule has 1 aromatic heterocycles. The second-order valence-corrected chi connectivity index (χ2v) is 6.96. The number of non-ortho nitro benzene ring substituents is 1. The molecule has 112 valence electrons.